The minimum Gasteiger partial charge on any atom is -0.328 e. The first-order chi connectivity index (χ1) is 9.21. The van der Waals surface area contributed by atoms with E-state index in [1.165, 1.54) is 0 Å². The van der Waals surface area contributed by atoms with Crippen molar-refractivity contribution in [1.82, 2.24) is 10.2 Å². The van der Waals surface area contributed by atoms with Gasteiger partial charge in [0, 0.05) is 17.9 Å². The van der Waals surface area contributed by atoms with Crippen molar-refractivity contribution in [2.24, 2.45) is 0 Å². The van der Waals surface area contributed by atoms with Crippen LogP contribution in [0.2, 0.25) is 0 Å². The topological polar surface area (TPSA) is 49.4 Å². The number of hydrogen-bond acceptors (Lipinski definition) is 2. The average molecular weight is 351 g/mol. The zero-order chi connectivity index (χ0) is 15.1. The highest BCUT2D eigenvalue weighted by Crippen LogP contribution is 2.34. The molecule has 0 fully saturated rings. The minimum absolute atomic E-state index is 0.196. The van der Waals surface area contributed by atoms with Crippen LogP contribution in [0, 0.1) is 0 Å². The first-order valence-corrected chi connectivity index (χ1v) is 6.43. The number of nitrogens with one attached hydrogen (secondary N) is 1. The van der Waals surface area contributed by atoms with Crippen LogP contribution >= 0.6 is 15.9 Å². The van der Waals surface area contributed by atoms with Crippen molar-refractivity contribution in [2.45, 2.75) is 25.8 Å². The zero-order valence-corrected chi connectivity index (χ0v) is 11.9. The summed E-state index contributed by atoms with van der Waals surface area (Å²) in [6.45, 7) is 0.778. The van der Waals surface area contributed by atoms with Crippen LogP contribution in [0.25, 0.3) is 0 Å². The summed E-state index contributed by atoms with van der Waals surface area (Å²) in [4.78, 5) is 23.7. The van der Waals surface area contributed by atoms with Crippen molar-refractivity contribution in [2.75, 3.05) is 0 Å². The molecule has 0 saturated carbocycles. The molecule has 8 heteroatoms. The van der Waals surface area contributed by atoms with Gasteiger partial charge in [-0.2, -0.15) is 13.2 Å². The van der Waals surface area contributed by atoms with Crippen LogP contribution in [0.5, 0.6) is 0 Å². The predicted octanol–water partition coefficient (Wildman–Crippen LogP) is 2.43. The third-order valence-electron chi connectivity index (χ3n) is 2.88. The Morgan fingerprint density at radius 3 is 2.60 bits per heavy atom. The number of amides is 2. The summed E-state index contributed by atoms with van der Waals surface area (Å²) in [6, 6.07) is 4.81. The van der Waals surface area contributed by atoms with Gasteiger partial charge < -0.3 is 10.2 Å². The lowest BCUT2D eigenvalue weighted by Crippen LogP contribution is -2.56. The van der Waals surface area contributed by atoms with Crippen molar-refractivity contribution in [3.05, 3.63) is 33.8 Å². The fourth-order valence-corrected chi connectivity index (χ4v) is 2.65. The predicted molar refractivity (Wildman–Crippen MR) is 67.7 cm³/mol. The summed E-state index contributed by atoms with van der Waals surface area (Å²) in [6.07, 6.45) is -7.07. The van der Waals surface area contributed by atoms with E-state index in [9.17, 15) is 22.8 Å². The maximum absolute atomic E-state index is 13.0. The van der Waals surface area contributed by atoms with Gasteiger partial charge in [0.05, 0.1) is 5.56 Å². The molecule has 108 valence electrons. The van der Waals surface area contributed by atoms with Crippen molar-refractivity contribution in [3.63, 3.8) is 0 Å². The van der Waals surface area contributed by atoms with Crippen LogP contribution in [0.4, 0.5) is 13.2 Å². The molecule has 4 nitrogen and oxygen atoms in total. The van der Waals surface area contributed by atoms with Crippen LogP contribution in [-0.4, -0.2) is 29.1 Å². The third kappa shape index (κ3) is 2.65. The molecule has 20 heavy (non-hydrogen) atoms. The first-order valence-electron chi connectivity index (χ1n) is 5.64. The summed E-state index contributed by atoms with van der Waals surface area (Å²) in [5.74, 6) is -1.61. The molecule has 1 aliphatic rings. The van der Waals surface area contributed by atoms with Gasteiger partial charge >= 0.3 is 6.18 Å². The molecule has 2 amide bonds. The second-order valence-corrected chi connectivity index (χ2v) is 5.21. The molecule has 0 aliphatic carbocycles. The van der Waals surface area contributed by atoms with E-state index in [1.807, 2.05) is 0 Å². The maximum atomic E-state index is 13.0. The molecule has 0 saturated heterocycles. The Hall–Kier alpha value is -1.57. The normalized spacial score (nSPS) is 16.1. The van der Waals surface area contributed by atoms with Crippen LogP contribution in [0.1, 0.15) is 22.8 Å². The molecule has 1 N–H and O–H groups in total. The molecule has 1 heterocycles. The Kier molecular flexibility index (Phi) is 3.77. The van der Waals surface area contributed by atoms with E-state index < -0.39 is 24.2 Å². The molecule has 1 atom stereocenters. The Labute approximate surface area is 121 Å². The zero-order valence-electron chi connectivity index (χ0n) is 10.3. The van der Waals surface area contributed by atoms with Gasteiger partial charge in [0.15, 0.2) is 0 Å². The van der Waals surface area contributed by atoms with Crippen molar-refractivity contribution in [1.29, 1.82) is 0 Å². The van der Waals surface area contributed by atoms with Crippen molar-refractivity contribution < 1.29 is 22.8 Å². The monoisotopic (exact) mass is 350 g/mol. The van der Waals surface area contributed by atoms with Crippen LogP contribution in [0.15, 0.2) is 22.7 Å². The number of nitrogens with zero attached hydrogens (tertiary/aromatic N) is 1. The van der Waals surface area contributed by atoms with Crippen molar-refractivity contribution >= 4 is 27.7 Å². The molecular weight excluding hydrogens is 341 g/mol. The number of hydrogen-bond donors (Lipinski definition) is 1. The van der Waals surface area contributed by atoms with E-state index in [-0.39, 0.29) is 12.1 Å². The molecule has 1 aromatic rings. The third-order valence-corrected chi connectivity index (χ3v) is 3.54. The smallest absolute Gasteiger partial charge is 0.328 e. The van der Waals surface area contributed by atoms with Gasteiger partial charge in [-0.25, -0.2) is 0 Å². The van der Waals surface area contributed by atoms with Gasteiger partial charge in [0.2, 0.25) is 12.1 Å². The second-order valence-electron chi connectivity index (χ2n) is 4.35. The van der Waals surface area contributed by atoms with Crippen LogP contribution in [0.3, 0.4) is 0 Å². The highest BCUT2D eigenvalue weighted by atomic mass is 79.9. The first kappa shape index (κ1) is 14.8. The summed E-state index contributed by atoms with van der Waals surface area (Å²) < 4.78 is 39.5. The minimum atomic E-state index is -4.74. The summed E-state index contributed by atoms with van der Waals surface area (Å²) >= 11 is 3.15. The van der Waals surface area contributed by atoms with E-state index in [0.717, 1.165) is 6.92 Å². The SMILES string of the molecule is CC(=O)NC(N1Cc2cccc(Br)c2C1=O)C(F)(F)F. The van der Waals surface area contributed by atoms with Gasteiger partial charge in [-0.15, -0.1) is 0 Å². The highest BCUT2D eigenvalue weighted by Gasteiger charge is 2.49. The number of carbonyl (C=O) groups is 2. The summed E-state index contributed by atoms with van der Waals surface area (Å²) in [7, 11) is 0. The molecule has 0 bridgehead atoms. The Morgan fingerprint density at radius 2 is 2.10 bits per heavy atom. The fourth-order valence-electron chi connectivity index (χ4n) is 2.08. The average Bonchev–Trinajstić information content (AvgIpc) is 2.63. The summed E-state index contributed by atoms with van der Waals surface area (Å²) in [5.41, 5.74) is 0.691. The molecule has 0 spiro atoms. The lowest BCUT2D eigenvalue weighted by atomic mass is 10.1. The highest BCUT2D eigenvalue weighted by molar-refractivity contribution is 9.10. The largest absolute Gasteiger partial charge is 0.427 e. The standard InChI is InChI=1S/C12H10BrF3N2O2/c1-6(19)17-11(12(14,15)16)18-5-7-3-2-4-8(13)9(7)10(18)20/h2-4,11H,5H2,1H3,(H,17,19). The molecule has 0 aromatic heterocycles. The molecule has 1 aliphatic heterocycles. The molecule has 1 unspecified atom stereocenters. The molecular formula is C12H10BrF3N2O2. The maximum Gasteiger partial charge on any atom is 0.427 e. The van der Waals surface area contributed by atoms with Crippen LogP contribution < -0.4 is 5.32 Å². The van der Waals surface area contributed by atoms with E-state index in [2.05, 4.69) is 15.9 Å². The number of alkyl halides is 3. The van der Waals surface area contributed by atoms with Gasteiger partial charge in [-0.3, -0.25) is 9.59 Å². The Balaban J connectivity index is 2.37. The molecule has 2 rings (SSSR count). The van der Waals surface area contributed by atoms with Crippen molar-refractivity contribution in [3.8, 4) is 0 Å². The molecule has 1 aromatic carbocycles. The summed E-state index contributed by atoms with van der Waals surface area (Å²) in [5, 5.41) is 1.77. The number of benzene rings is 1. The number of carbonyl (C=O) groups excluding carboxylic acids is 2. The second kappa shape index (κ2) is 5.08. The van der Waals surface area contributed by atoms with E-state index in [4.69, 9.17) is 0 Å². The lowest BCUT2D eigenvalue weighted by Gasteiger charge is -2.29. The van der Waals surface area contributed by atoms with E-state index >= 15 is 0 Å². The van der Waals surface area contributed by atoms with E-state index in [1.54, 1.807) is 23.5 Å². The Morgan fingerprint density at radius 1 is 1.45 bits per heavy atom. The molecule has 0 radical (unpaired) electrons. The van der Waals surface area contributed by atoms with Gasteiger partial charge in [0.25, 0.3) is 5.91 Å². The Bertz CT molecular complexity index is 574. The van der Waals surface area contributed by atoms with E-state index in [0.29, 0.717) is 14.9 Å². The fraction of sp³-hybridized carbons (Fsp3) is 0.333. The number of rotatable bonds is 2. The quantitative estimate of drug-likeness (QED) is 0.890. The number of fused-ring (bicyclic) bond motifs is 1. The van der Waals surface area contributed by atoms with Gasteiger partial charge in [-0.05, 0) is 27.6 Å². The van der Waals surface area contributed by atoms with Gasteiger partial charge in [-0.1, -0.05) is 12.1 Å². The number of halogens is 4. The van der Waals surface area contributed by atoms with Gasteiger partial charge in [0.1, 0.15) is 0 Å². The lowest BCUT2D eigenvalue weighted by molar-refractivity contribution is -0.187. The van der Waals surface area contributed by atoms with Crippen LogP contribution in [-0.2, 0) is 11.3 Å².